The smallest absolute Gasteiger partial charge is 0.338 e. The molecule has 194 valence electrons. The summed E-state index contributed by atoms with van der Waals surface area (Å²) in [5, 5.41) is 23.8. The maximum atomic E-state index is 12.7. The second-order valence-corrected chi connectivity index (χ2v) is 9.09. The van der Waals surface area contributed by atoms with Gasteiger partial charge in [0.25, 0.3) is 11.6 Å². The number of nitrogens with zero attached hydrogens (tertiary/aromatic N) is 3. The number of carbonyl (C=O) groups is 3. The highest BCUT2D eigenvalue weighted by Crippen LogP contribution is 2.23. The second-order valence-electron chi connectivity index (χ2n) is 8.14. The molecule has 13 heteroatoms. The molecule has 12 nitrogen and oxygen atoms in total. The maximum absolute atomic E-state index is 12.7. The minimum absolute atomic E-state index is 0.00726. The molecule has 3 aromatic rings. The van der Waals surface area contributed by atoms with E-state index in [-0.39, 0.29) is 35.4 Å². The number of carbonyl (C=O) groups excluding carboxylic acids is 3. The molecule has 0 radical (unpaired) electrons. The first kappa shape index (κ1) is 27.3. The zero-order valence-corrected chi connectivity index (χ0v) is 21.2. The van der Waals surface area contributed by atoms with Gasteiger partial charge in [-0.15, -0.1) is 5.10 Å². The lowest BCUT2D eigenvalue weighted by Gasteiger charge is -2.19. The number of amides is 2. The molecule has 2 aromatic carbocycles. The van der Waals surface area contributed by atoms with Crippen LogP contribution in [-0.4, -0.2) is 50.2 Å². The molecule has 1 atom stereocenters. The highest BCUT2D eigenvalue weighted by atomic mass is 32.2. The van der Waals surface area contributed by atoms with Gasteiger partial charge >= 0.3 is 5.97 Å². The van der Waals surface area contributed by atoms with Gasteiger partial charge in [-0.25, -0.2) is 9.78 Å². The summed E-state index contributed by atoms with van der Waals surface area (Å²) in [7, 11) is 0. The van der Waals surface area contributed by atoms with Crippen molar-refractivity contribution in [1.82, 2.24) is 20.5 Å². The molecule has 0 spiro atoms. The SMILES string of the molecule is CCOC(=O)c1cccc(NC(=O)CSc2n[nH]c([C@@H](NC(=O)c3cccc([N+](=O)[O-])c3)C(C)C)n2)c1. The molecule has 3 rings (SSSR count). The number of nitro groups is 1. The van der Waals surface area contributed by atoms with E-state index in [9.17, 15) is 24.5 Å². The standard InChI is InChI=1S/C24H26N6O6S/c1-4-36-23(33)16-8-5-9-17(11-16)25-19(31)13-37-24-27-21(28-29-24)20(14(2)3)26-22(32)15-7-6-10-18(12-15)30(34)35/h5-12,14,20H,4,13H2,1-3H3,(H,25,31)(H,26,32)(H,27,28,29)/t20-/m0/s1. The van der Waals surface area contributed by atoms with Gasteiger partial charge in [0, 0.05) is 23.4 Å². The van der Waals surface area contributed by atoms with E-state index in [1.807, 2.05) is 13.8 Å². The highest BCUT2D eigenvalue weighted by molar-refractivity contribution is 7.99. The Morgan fingerprint density at radius 2 is 1.86 bits per heavy atom. The van der Waals surface area contributed by atoms with E-state index in [2.05, 4.69) is 25.8 Å². The molecule has 3 N–H and O–H groups in total. The Hall–Kier alpha value is -4.26. The minimum atomic E-state index is -0.566. The van der Waals surface area contributed by atoms with Crippen molar-refractivity contribution in [3.05, 3.63) is 75.6 Å². The number of esters is 1. The van der Waals surface area contributed by atoms with Crippen LogP contribution >= 0.6 is 11.8 Å². The van der Waals surface area contributed by atoms with Gasteiger partial charge in [0.15, 0.2) is 0 Å². The molecule has 2 amide bonds. The number of hydrogen-bond acceptors (Lipinski definition) is 9. The number of ether oxygens (including phenoxy) is 1. The van der Waals surface area contributed by atoms with Gasteiger partial charge in [-0.3, -0.25) is 24.8 Å². The number of hydrogen-bond donors (Lipinski definition) is 3. The predicted octanol–water partition coefficient (Wildman–Crippen LogP) is 3.75. The molecule has 0 unspecified atom stereocenters. The molecule has 0 saturated carbocycles. The summed E-state index contributed by atoms with van der Waals surface area (Å²) in [6.45, 7) is 5.72. The Bertz CT molecular complexity index is 1290. The zero-order valence-electron chi connectivity index (χ0n) is 20.4. The lowest BCUT2D eigenvalue weighted by Crippen LogP contribution is -2.32. The molecule has 1 aromatic heterocycles. The summed E-state index contributed by atoms with van der Waals surface area (Å²) in [6.07, 6.45) is 0. The molecule has 0 aliphatic rings. The van der Waals surface area contributed by atoms with Gasteiger partial charge in [-0.1, -0.05) is 37.7 Å². The van der Waals surface area contributed by atoms with Crippen LogP contribution in [0.2, 0.25) is 0 Å². The van der Waals surface area contributed by atoms with E-state index < -0.39 is 22.8 Å². The fourth-order valence-corrected chi connectivity index (χ4v) is 3.87. The van der Waals surface area contributed by atoms with Crippen molar-refractivity contribution in [3.63, 3.8) is 0 Å². The summed E-state index contributed by atoms with van der Waals surface area (Å²) in [6, 6.07) is 11.3. The number of H-pyrrole nitrogens is 1. The van der Waals surface area contributed by atoms with Crippen LogP contribution in [0.15, 0.2) is 53.7 Å². The first-order valence-electron chi connectivity index (χ1n) is 11.3. The van der Waals surface area contributed by atoms with E-state index in [1.54, 1.807) is 25.1 Å². The number of aromatic amines is 1. The maximum Gasteiger partial charge on any atom is 0.338 e. The van der Waals surface area contributed by atoms with Crippen molar-refractivity contribution >= 4 is 40.9 Å². The molecular formula is C24H26N6O6S. The van der Waals surface area contributed by atoms with Crippen LogP contribution in [-0.2, 0) is 9.53 Å². The van der Waals surface area contributed by atoms with E-state index in [0.717, 1.165) is 11.8 Å². The first-order chi connectivity index (χ1) is 17.7. The molecule has 0 fully saturated rings. The molecule has 0 bridgehead atoms. The van der Waals surface area contributed by atoms with Crippen molar-refractivity contribution in [2.24, 2.45) is 5.92 Å². The normalized spacial score (nSPS) is 11.6. The van der Waals surface area contributed by atoms with Crippen molar-refractivity contribution in [1.29, 1.82) is 0 Å². The molecule has 1 heterocycles. The quantitative estimate of drug-likeness (QED) is 0.146. The minimum Gasteiger partial charge on any atom is -0.462 e. The van der Waals surface area contributed by atoms with E-state index in [4.69, 9.17) is 4.74 Å². The van der Waals surface area contributed by atoms with E-state index in [0.29, 0.717) is 22.2 Å². The van der Waals surface area contributed by atoms with Crippen molar-refractivity contribution in [3.8, 4) is 0 Å². The molecule has 0 aliphatic carbocycles. The number of thioether (sulfide) groups is 1. The summed E-state index contributed by atoms with van der Waals surface area (Å²) in [5.41, 5.74) is 0.754. The van der Waals surface area contributed by atoms with Gasteiger partial charge in [0.05, 0.1) is 28.9 Å². The molecule has 0 saturated heterocycles. The van der Waals surface area contributed by atoms with Gasteiger partial charge < -0.3 is 15.4 Å². The Morgan fingerprint density at radius 3 is 2.57 bits per heavy atom. The van der Waals surface area contributed by atoms with Crippen LogP contribution in [0, 0.1) is 16.0 Å². The largest absolute Gasteiger partial charge is 0.462 e. The number of nitrogens with one attached hydrogen (secondary N) is 3. The van der Waals surface area contributed by atoms with Crippen molar-refractivity contribution in [2.75, 3.05) is 17.7 Å². The Balaban J connectivity index is 1.60. The Labute approximate surface area is 216 Å². The number of benzene rings is 2. The molecular weight excluding hydrogens is 500 g/mol. The van der Waals surface area contributed by atoms with Gasteiger partial charge in [0.2, 0.25) is 11.1 Å². The third-order valence-corrected chi connectivity index (χ3v) is 5.89. The van der Waals surface area contributed by atoms with Crippen molar-refractivity contribution in [2.45, 2.75) is 32.0 Å². The highest BCUT2D eigenvalue weighted by Gasteiger charge is 2.24. The van der Waals surface area contributed by atoms with Crippen LogP contribution in [0.4, 0.5) is 11.4 Å². The number of nitro benzene ring substituents is 1. The number of anilines is 1. The van der Waals surface area contributed by atoms with Gasteiger partial charge in [0.1, 0.15) is 5.82 Å². The zero-order chi connectivity index (χ0) is 26.9. The van der Waals surface area contributed by atoms with Crippen LogP contribution in [0.1, 0.15) is 53.4 Å². The summed E-state index contributed by atoms with van der Waals surface area (Å²) in [5.74, 6) is -0.970. The molecule has 0 aliphatic heterocycles. The average molecular weight is 527 g/mol. The van der Waals surface area contributed by atoms with Crippen LogP contribution in [0.25, 0.3) is 0 Å². The fourth-order valence-electron chi connectivity index (χ4n) is 3.26. The van der Waals surface area contributed by atoms with Crippen LogP contribution < -0.4 is 10.6 Å². The van der Waals surface area contributed by atoms with E-state index in [1.165, 1.54) is 30.3 Å². The molecule has 37 heavy (non-hydrogen) atoms. The van der Waals surface area contributed by atoms with Crippen LogP contribution in [0.5, 0.6) is 0 Å². The summed E-state index contributed by atoms with van der Waals surface area (Å²) < 4.78 is 4.97. The number of non-ortho nitro benzene ring substituents is 1. The fraction of sp³-hybridized carbons (Fsp3) is 0.292. The lowest BCUT2D eigenvalue weighted by atomic mass is 10.0. The third-order valence-electron chi connectivity index (χ3n) is 5.04. The number of rotatable bonds is 11. The Morgan fingerprint density at radius 1 is 1.14 bits per heavy atom. The lowest BCUT2D eigenvalue weighted by molar-refractivity contribution is -0.384. The monoisotopic (exact) mass is 526 g/mol. The topological polar surface area (TPSA) is 169 Å². The average Bonchev–Trinajstić information content (AvgIpc) is 3.34. The summed E-state index contributed by atoms with van der Waals surface area (Å²) in [4.78, 5) is 51.8. The Kier molecular flexibility index (Phi) is 9.33. The first-order valence-corrected chi connectivity index (χ1v) is 12.3. The number of aromatic nitrogens is 3. The van der Waals surface area contributed by atoms with E-state index >= 15 is 0 Å². The predicted molar refractivity (Wildman–Crippen MR) is 136 cm³/mol. The van der Waals surface area contributed by atoms with Crippen molar-refractivity contribution < 1.29 is 24.0 Å². The third kappa shape index (κ3) is 7.61. The second kappa shape index (κ2) is 12.6. The van der Waals surface area contributed by atoms with Gasteiger partial charge in [-0.2, -0.15) is 0 Å². The van der Waals surface area contributed by atoms with Gasteiger partial charge in [-0.05, 0) is 37.1 Å². The van der Waals surface area contributed by atoms with Crippen LogP contribution in [0.3, 0.4) is 0 Å². The summed E-state index contributed by atoms with van der Waals surface area (Å²) >= 11 is 1.09.